The molecule has 0 aromatic carbocycles. The van der Waals surface area contributed by atoms with Gasteiger partial charge < -0.3 is 10.1 Å². The Labute approximate surface area is 128 Å². The fourth-order valence-electron chi connectivity index (χ4n) is 1.33. The molecule has 0 aliphatic heterocycles. The molecule has 0 aliphatic rings. The number of hydrogen-bond donors (Lipinski definition) is 3. The highest BCUT2D eigenvalue weighted by Crippen LogP contribution is 2.04. The number of nitrogens with zero attached hydrogens (tertiary/aromatic N) is 2. The van der Waals surface area contributed by atoms with Gasteiger partial charge in [0, 0.05) is 39.4 Å². The molecule has 3 N–H and O–H groups in total. The molecular weight excluding hydrogens is 302 g/mol. The molecule has 20 heavy (non-hydrogen) atoms. The number of halogens is 1. The zero-order chi connectivity index (χ0) is 14.8. The first kappa shape index (κ1) is 16.7. The minimum Gasteiger partial charge on any atom is -0.385 e. The Morgan fingerprint density at radius 3 is 3.00 bits per heavy atom. The van der Waals surface area contributed by atoms with E-state index in [9.17, 15) is 4.79 Å². The van der Waals surface area contributed by atoms with E-state index in [0.717, 1.165) is 6.42 Å². The van der Waals surface area contributed by atoms with E-state index in [1.807, 2.05) is 0 Å². The fourth-order valence-corrected chi connectivity index (χ4v) is 1.64. The smallest absolute Gasteiger partial charge is 0.240 e. The molecule has 7 nitrogen and oxygen atoms in total. The van der Waals surface area contributed by atoms with E-state index in [-0.39, 0.29) is 12.3 Å². The van der Waals surface area contributed by atoms with E-state index in [0.29, 0.717) is 29.8 Å². The minimum atomic E-state index is -0.183. The third-order valence-electron chi connectivity index (χ3n) is 2.30. The van der Waals surface area contributed by atoms with Gasteiger partial charge in [-0.15, -0.1) is 0 Å². The quantitative estimate of drug-likeness (QED) is 0.385. The number of amides is 1. The van der Waals surface area contributed by atoms with Crippen LogP contribution in [0.25, 0.3) is 0 Å². The average molecular weight is 320 g/mol. The second-order valence-corrected chi connectivity index (χ2v) is 4.79. The van der Waals surface area contributed by atoms with Crippen molar-refractivity contribution < 1.29 is 9.53 Å². The van der Waals surface area contributed by atoms with Crippen LogP contribution in [0.1, 0.15) is 12.8 Å². The molecule has 0 saturated carbocycles. The second kappa shape index (κ2) is 9.51. The molecule has 0 unspecified atom stereocenters. The summed E-state index contributed by atoms with van der Waals surface area (Å²) < 4.78 is 6.51. The summed E-state index contributed by atoms with van der Waals surface area (Å²) in [5.41, 5.74) is 5.13. The fraction of sp³-hybridized carbons (Fsp3) is 0.545. The largest absolute Gasteiger partial charge is 0.385 e. The first-order valence-corrected chi connectivity index (χ1v) is 6.90. The Balaban J connectivity index is 2.08. The molecule has 0 atom stereocenters. The lowest BCUT2D eigenvalue weighted by atomic mass is 10.4. The lowest BCUT2D eigenvalue weighted by Crippen LogP contribution is -2.47. The highest BCUT2D eigenvalue weighted by Gasteiger charge is 2.03. The van der Waals surface area contributed by atoms with Gasteiger partial charge in [0.05, 0.1) is 11.2 Å². The van der Waals surface area contributed by atoms with E-state index in [1.54, 1.807) is 18.0 Å². The number of thiocarbonyl (C=S) groups is 1. The van der Waals surface area contributed by atoms with Crippen molar-refractivity contribution >= 4 is 34.8 Å². The topological polar surface area (TPSA) is 80.2 Å². The van der Waals surface area contributed by atoms with Crippen LogP contribution in [0, 0.1) is 0 Å². The van der Waals surface area contributed by atoms with Gasteiger partial charge in [-0.1, -0.05) is 11.6 Å². The number of hydrogen-bond acceptors (Lipinski definition) is 4. The minimum absolute atomic E-state index is 0.183. The van der Waals surface area contributed by atoms with Crippen LogP contribution in [-0.4, -0.2) is 41.1 Å². The van der Waals surface area contributed by atoms with Crippen molar-refractivity contribution in [3.8, 4) is 0 Å². The number of ether oxygens (including phenoxy) is 1. The summed E-state index contributed by atoms with van der Waals surface area (Å²) in [5.74, 6) is -0.183. The lowest BCUT2D eigenvalue weighted by molar-refractivity contribution is -0.121. The number of aromatic nitrogens is 2. The third kappa shape index (κ3) is 7.27. The normalized spacial score (nSPS) is 10.1. The van der Waals surface area contributed by atoms with Gasteiger partial charge in [-0.3, -0.25) is 20.3 Å². The van der Waals surface area contributed by atoms with Crippen molar-refractivity contribution in [2.45, 2.75) is 19.4 Å². The van der Waals surface area contributed by atoms with Crippen LogP contribution in [0.2, 0.25) is 5.02 Å². The molecule has 1 amide bonds. The Hall–Kier alpha value is -1.38. The predicted octanol–water partition coefficient (Wildman–Crippen LogP) is 0.458. The monoisotopic (exact) mass is 319 g/mol. The molecule has 1 aromatic heterocycles. The average Bonchev–Trinajstić information content (AvgIpc) is 2.85. The first-order valence-electron chi connectivity index (χ1n) is 6.11. The van der Waals surface area contributed by atoms with Crippen LogP contribution in [0.15, 0.2) is 12.4 Å². The van der Waals surface area contributed by atoms with Gasteiger partial charge in [-0.25, -0.2) is 0 Å². The number of methoxy groups -OCH3 is 1. The lowest BCUT2D eigenvalue weighted by Gasteiger charge is -2.11. The second-order valence-electron chi connectivity index (χ2n) is 3.95. The summed E-state index contributed by atoms with van der Waals surface area (Å²) in [4.78, 5) is 11.5. The van der Waals surface area contributed by atoms with Crippen molar-refractivity contribution in [2.75, 3.05) is 20.3 Å². The SMILES string of the molecule is COCCCNC(=S)NNC(=O)CCn1cc(Cl)cn1. The molecule has 1 aromatic rings. The summed E-state index contributed by atoms with van der Waals surface area (Å²) in [5, 5.41) is 7.83. The first-order chi connectivity index (χ1) is 9.61. The summed E-state index contributed by atoms with van der Waals surface area (Å²) in [6, 6.07) is 0. The van der Waals surface area contributed by atoms with Gasteiger partial charge in [0.15, 0.2) is 5.11 Å². The molecule has 1 heterocycles. The van der Waals surface area contributed by atoms with Crippen LogP contribution < -0.4 is 16.2 Å². The number of hydrazine groups is 1. The molecule has 1 rings (SSSR count). The van der Waals surface area contributed by atoms with Gasteiger partial charge in [0.2, 0.25) is 5.91 Å². The van der Waals surface area contributed by atoms with Crippen molar-refractivity contribution in [1.82, 2.24) is 25.9 Å². The number of nitrogens with one attached hydrogen (secondary N) is 3. The summed E-state index contributed by atoms with van der Waals surface area (Å²) >= 11 is 10.7. The van der Waals surface area contributed by atoms with Crippen LogP contribution in [-0.2, 0) is 16.1 Å². The molecule has 9 heteroatoms. The van der Waals surface area contributed by atoms with E-state index in [1.165, 1.54) is 6.20 Å². The maximum absolute atomic E-state index is 11.5. The summed E-state index contributed by atoms with van der Waals surface area (Å²) in [6.45, 7) is 1.80. The van der Waals surface area contributed by atoms with Crippen LogP contribution in [0.3, 0.4) is 0 Å². The van der Waals surface area contributed by atoms with Crippen LogP contribution in [0.4, 0.5) is 0 Å². The van der Waals surface area contributed by atoms with Crippen molar-refractivity contribution in [3.63, 3.8) is 0 Å². The third-order valence-corrected chi connectivity index (χ3v) is 2.74. The molecular formula is C11H18ClN5O2S. The van der Waals surface area contributed by atoms with Gasteiger partial charge in [-0.05, 0) is 18.6 Å². The number of aryl methyl sites for hydroxylation is 1. The summed E-state index contributed by atoms with van der Waals surface area (Å²) in [7, 11) is 1.64. The van der Waals surface area contributed by atoms with Gasteiger partial charge in [-0.2, -0.15) is 5.10 Å². The Morgan fingerprint density at radius 2 is 2.35 bits per heavy atom. The van der Waals surface area contributed by atoms with E-state index < -0.39 is 0 Å². The highest BCUT2D eigenvalue weighted by atomic mass is 35.5. The Kier molecular flexibility index (Phi) is 7.93. The highest BCUT2D eigenvalue weighted by molar-refractivity contribution is 7.80. The molecule has 0 saturated heterocycles. The van der Waals surface area contributed by atoms with Crippen molar-refractivity contribution in [3.05, 3.63) is 17.4 Å². The van der Waals surface area contributed by atoms with E-state index in [2.05, 4.69) is 21.3 Å². The zero-order valence-electron chi connectivity index (χ0n) is 11.2. The van der Waals surface area contributed by atoms with E-state index >= 15 is 0 Å². The predicted molar refractivity (Wildman–Crippen MR) is 80.2 cm³/mol. The molecule has 0 spiro atoms. The number of rotatable bonds is 7. The number of carbonyl (C=O) groups is 1. The van der Waals surface area contributed by atoms with Crippen molar-refractivity contribution in [1.29, 1.82) is 0 Å². The number of carbonyl (C=O) groups excluding carboxylic acids is 1. The van der Waals surface area contributed by atoms with Gasteiger partial charge in [0.1, 0.15) is 0 Å². The Bertz CT molecular complexity index is 440. The van der Waals surface area contributed by atoms with Gasteiger partial charge >= 0.3 is 0 Å². The van der Waals surface area contributed by atoms with Crippen LogP contribution >= 0.6 is 23.8 Å². The molecule has 112 valence electrons. The standard InChI is InChI=1S/C11H18ClN5O2S/c1-19-6-2-4-13-11(20)16-15-10(18)3-5-17-8-9(12)7-14-17/h7-8H,2-6H2,1H3,(H,15,18)(H2,13,16,20). The van der Waals surface area contributed by atoms with E-state index in [4.69, 9.17) is 28.6 Å². The maximum Gasteiger partial charge on any atom is 0.240 e. The van der Waals surface area contributed by atoms with Gasteiger partial charge in [0.25, 0.3) is 0 Å². The summed E-state index contributed by atoms with van der Waals surface area (Å²) in [6.07, 6.45) is 4.30. The molecule has 0 aliphatic carbocycles. The molecule has 0 fully saturated rings. The zero-order valence-corrected chi connectivity index (χ0v) is 12.8. The molecule has 0 bridgehead atoms. The molecule has 0 radical (unpaired) electrons. The maximum atomic E-state index is 11.5. The van der Waals surface area contributed by atoms with Crippen molar-refractivity contribution in [2.24, 2.45) is 0 Å². The Morgan fingerprint density at radius 1 is 1.55 bits per heavy atom. The van der Waals surface area contributed by atoms with Crippen LogP contribution in [0.5, 0.6) is 0 Å².